The van der Waals surface area contributed by atoms with Crippen molar-refractivity contribution in [1.82, 2.24) is 4.90 Å². The largest absolute Gasteiger partial charge is 0.292 e. The Labute approximate surface area is 147 Å². The molecule has 1 saturated carbocycles. The summed E-state index contributed by atoms with van der Waals surface area (Å²) in [7, 11) is 0. The second-order valence-corrected chi connectivity index (χ2v) is 8.05. The maximum atomic E-state index is 4.32. The molecule has 0 amide bonds. The van der Waals surface area contributed by atoms with E-state index in [1.54, 1.807) is 0 Å². The van der Waals surface area contributed by atoms with Gasteiger partial charge >= 0.3 is 0 Å². The highest BCUT2D eigenvalue weighted by Crippen LogP contribution is 2.31. The zero-order chi connectivity index (χ0) is 17.2. The van der Waals surface area contributed by atoms with Crippen molar-refractivity contribution in [3.05, 3.63) is 77.9 Å². The Morgan fingerprint density at radius 1 is 1.00 bits per heavy atom. The molecule has 1 fully saturated rings. The lowest BCUT2D eigenvalue weighted by molar-refractivity contribution is 0.288. The first-order valence-corrected chi connectivity index (χ1v) is 9.00. The van der Waals surface area contributed by atoms with E-state index >= 15 is 0 Å². The summed E-state index contributed by atoms with van der Waals surface area (Å²) in [4.78, 5) is 2.58. The van der Waals surface area contributed by atoms with E-state index < -0.39 is 0 Å². The summed E-state index contributed by atoms with van der Waals surface area (Å²) in [5, 5.41) is 0. The highest BCUT2D eigenvalue weighted by molar-refractivity contribution is 5.64. The molecule has 0 atom stereocenters. The molecular formula is C23H29N. The maximum Gasteiger partial charge on any atom is 0.0240 e. The van der Waals surface area contributed by atoms with Gasteiger partial charge in [-0.3, -0.25) is 4.90 Å². The van der Waals surface area contributed by atoms with E-state index in [9.17, 15) is 0 Å². The zero-order valence-corrected chi connectivity index (χ0v) is 15.3. The predicted octanol–water partition coefficient (Wildman–Crippen LogP) is 5.66. The van der Waals surface area contributed by atoms with Gasteiger partial charge in [0.05, 0.1) is 0 Å². The van der Waals surface area contributed by atoms with Crippen molar-refractivity contribution in [1.29, 1.82) is 0 Å². The van der Waals surface area contributed by atoms with Gasteiger partial charge in [-0.25, -0.2) is 0 Å². The summed E-state index contributed by atoms with van der Waals surface area (Å²) >= 11 is 0. The molecule has 3 rings (SSSR count). The number of benzene rings is 2. The lowest BCUT2D eigenvalue weighted by atomic mass is 9.87. The van der Waals surface area contributed by atoms with Crippen LogP contribution in [0.4, 0.5) is 0 Å². The topological polar surface area (TPSA) is 3.24 Å². The summed E-state index contributed by atoms with van der Waals surface area (Å²) in [5.41, 5.74) is 5.49. The molecule has 1 nitrogen and oxygen atoms in total. The summed E-state index contributed by atoms with van der Waals surface area (Å²) in [6.07, 6.45) is 2.64. The van der Waals surface area contributed by atoms with E-state index in [1.165, 1.54) is 35.1 Å². The van der Waals surface area contributed by atoms with Gasteiger partial charge < -0.3 is 0 Å². The highest BCUT2D eigenvalue weighted by Gasteiger charge is 2.29. The Morgan fingerprint density at radius 3 is 2.17 bits per heavy atom. The van der Waals surface area contributed by atoms with Gasteiger partial charge in [-0.15, -0.1) is 0 Å². The van der Waals surface area contributed by atoms with Crippen molar-refractivity contribution in [3.8, 4) is 0 Å². The first kappa shape index (κ1) is 17.0. The summed E-state index contributed by atoms with van der Waals surface area (Å²) in [6.45, 7) is 13.1. The van der Waals surface area contributed by atoms with Gasteiger partial charge in [-0.05, 0) is 40.5 Å². The van der Waals surface area contributed by atoms with Gasteiger partial charge in [0, 0.05) is 19.1 Å². The Balaban J connectivity index is 1.67. The molecule has 0 aromatic heterocycles. The third-order valence-electron chi connectivity index (χ3n) is 4.84. The third-order valence-corrected chi connectivity index (χ3v) is 4.84. The number of nitrogens with zero attached hydrogens (tertiary/aromatic N) is 1. The van der Waals surface area contributed by atoms with E-state index in [0.29, 0.717) is 0 Å². The SMILES string of the molecule is C=C(CN(Cc1ccc(C(C)(C)C)cc1)C1CC1)c1ccccc1. The van der Waals surface area contributed by atoms with Gasteiger partial charge in [-0.2, -0.15) is 0 Å². The quantitative estimate of drug-likeness (QED) is 0.664. The third kappa shape index (κ3) is 4.36. The molecule has 0 aliphatic heterocycles. The molecule has 0 bridgehead atoms. The lowest BCUT2D eigenvalue weighted by Crippen LogP contribution is -2.27. The van der Waals surface area contributed by atoms with Crippen LogP contribution in [0.5, 0.6) is 0 Å². The normalized spacial score (nSPS) is 14.8. The molecule has 0 radical (unpaired) electrons. The fraction of sp³-hybridized carbons (Fsp3) is 0.391. The van der Waals surface area contributed by atoms with E-state index in [4.69, 9.17) is 0 Å². The van der Waals surface area contributed by atoms with Crippen LogP contribution < -0.4 is 0 Å². The Morgan fingerprint density at radius 2 is 1.62 bits per heavy atom. The van der Waals surface area contributed by atoms with Crippen LogP contribution in [-0.4, -0.2) is 17.5 Å². The molecule has 1 heteroatoms. The standard InChI is InChI=1S/C23H29N/c1-18(20-8-6-5-7-9-20)16-24(22-14-15-22)17-19-10-12-21(13-11-19)23(2,3)4/h5-13,22H,1,14-17H2,2-4H3. The smallest absolute Gasteiger partial charge is 0.0240 e. The van der Waals surface area contributed by atoms with Gasteiger partial charge in [0.25, 0.3) is 0 Å². The molecule has 126 valence electrons. The zero-order valence-electron chi connectivity index (χ0n) is 15.3. The molecule has 0 spiro atoms. The van der Waals surface area contributed by atoms with Crippen molar-refractivity contribution in [3.63, 3.8) is 0 Å². The van der Waals surface area contributed by atoms with E-state index in [1.807, 2.05) is 0 Å². The minimum absolute atomic E-state index is 0.219. The van der Waals surface area contributed by atoms with Gasteiger partial charge in [0.1, 0.15) is 0 Å². The fourth-order valence-electron chi connectivity index (χ4n) is 3.11. The molecule has 1 aliphatic rings. The second-order valence-electron chi connectivity index (χ2n) is 8.05. The highest BCUT2D eigenvalue weighted by atomic mass is 15.2. The van der Waals surface area contributed by atoms with E-state index in [-0.39, 0.29) is 5.41 Å². The average Bonchev–Trinajstić information content (AvgIpc) is 3.39. The second kappa shape index (κ2) is 6.94. The van der Waals surface area contributed by atoms with Crippen LogP contribution in [0.3, 0.4) is 0 Å². The number of rotatable bonds is 6. The van der Waals surface area contributed by atoms with Crippen LogP contribution >= 0.6 is 0 Å². The number of hydrogen-bond acceptors (Lipinski definition) is 1. The first-order valence-electron chi connectivity index (χ1n) is 9.00. The van der Waals surface area contributed by atoms with Crippen LogP contribution in [0.2, 0.25) is 0 Å². The number of hydrogen-bond donors (Lipinski definition) is 0. The minimum Gasteiger partial charge on any atom is -0.292 e. The first-order chi connectivity index (χ1) is 11.4. The maximum absolute atomic E-state index is 4.32. The van der Waals surface area contributed by atoms with Crippen LogP contribution in [0.15, 0.2) is 61.2 Å². The lowest BCUT2D eigenvalue weighted by Gasteiger charge is -2.24. The van der Waals surface area contributed by atoms with Gasteiger partial charge in [-0.1, -0.05) is 81.9 Å². The van der Waals surface area contributed by atoms with Gasteiger partial charge in [0.15, 0.2) is 0 Å². The molecular weight excluding hydrogens is 290 g/mol. The molecule has 2 aromatic rings. The van der Waals surface area contributed by atoms with Crippen LogP contribution in [0.1, 0.15) is 50.3 Å². The van der Waals surface area contributed by atoms with E-state index in [0.717, 1.165) is 19.1 Å². The summed E-state index contributed by atoms with van der Waals surface area (Å²) in [5.74, 6) is 0. The molecule has 1 aliphatic carbocycles. The van der Waals surface area contributed by atoms with Crippen LogP contribution in [-0.2, 0) is 12.0 Å². The van der Waals surface area contributed by atoms with Gasteiger partial charge in [0.2, 0.25) is 0 Å². The van der Waals surface area contributed by atoms with Crippen molar-refractivity contribution < 1.29 is 0 Å². The average molecular weight is 319 g/mol. The Kier molecular flexibility index (Phi) is 4.91. The Bertz CT molecular complexity index is 672. The van der Waals surface area contributed by atoms with Crippen LogP contribution in [0.25, 0.3) is 5.57 Å². The van der Waals surface area contributed by atoms with Crippen molar-refractivity contribution in [2.75, 3.05) is 6.54 Å². The summed E-state index contributed by atoms with van der Waals surface area (Å²) in [6, 6.07) is 20.4. The predicted molar refractivity (Wildman–Crippen MR) is 104 cm³/mol. The van der Waals surface area contributed by atoms with Crippen LogP contribution in [0, 0.1) is 0 Å². The molecule has 0 heterocycles. The van der Waals surface area contributed by atoms with Crippen molar-refractivity contribution in [2.24, 2.45) is 0 Å². The minimum atomic E-state index is 0.219. The summed E-state index contributed by atoms with van der Waals surface area (Å²) < 4.78 is 0. The fourth-order valence-corrected chi connectivity index (χ4v) is 3.11. The van der Waals surface area contributed by atoms with Crippen molar-refractivity contribution in [2.45, 2.75) is 51.6 Å². The van der Waals surface area contributed by atoms with E-state index in [2.05, 4.69) is 86.8 Å². The molecule has 0 N–H and O–H groups in total. The monoisotopic (exact) mass is 319 g/mol. The molecule has 2 aromatic carbocycles. The molecule has 24 heavy (non-hydrogen) atoms. The molecule has 0 saturated heterocycles. The molecule has 0 unspecified atom stereocenters. The Hall–Kier alpha value is -1.86. The van der Waals surface area contributed by atoms with Crippen molar-refractivity contribution >= 4 is 5.57 Å².